The molecule has 110 valence electrons. The van der Waals surface area contributed by atoms with Crippen molar-refractivity contribution in [3.8, 4) is 11.4 Å². The van der Waals surface area contributed by atoms with Crippen molar-refractivity contribution in [2.75, 3.05) is 0 Å². The highest BCUT2D eigenvalue weighted by Crippen LogP contribution is 2.28. The minimum absolute atomic E-state index is 0.0590. The van der Waals surface area contributed by atoms with Gasteiger partial charge in [0.1, 0.15) is 0 Å². The Morgan fingerprint density at radius 2 is 1.95 bits per heavy atom. The van der Waals surface area contributed by atoms with Crippen LogP contribution in [-0.4, -0.2) is 15.1 Å². The Bertz CT molecular complexity index is 615. The van der Waals surface area contributed by atoms with Crippen LogP contribution >= 0.6 is 0 Å². The van der Waals surface area contributed by atoms with Crippen molar-refractivity contribution in [1.82, 2.24) is 10.1 Å². The van der Waals surface area contributed by atoms with Crippen LogP contribution in [-0.2, 0) is 6.42 Å². The van der Waals surface area contributed by atoms with Crippen molar-refractivity contribution in [3.63, 3.8) is 0 Å². The summed E-state index contributed by atoms with van der Waals surface area (Å²) in [5.41, 5.74) is 0.792. The van der Waals surface area contributed by atoms with Gasteiger partial charge >= 0.3 is 0 Å². The molecule has 21 heavy (non-hydrogen) atoms. The molecular weight excluding hydrogens is 270 g/mol. The van der Waals surface area contributed by atoms with E-state index < -0.39 is 4.92 Å². The van der Waals surface area contributed by atoms with Gasteiger partial charge in [0.25, 0.3) is 5.69 Å². The van der Waals surface area contributed by atoms with Gasteiger partial charge in [-0.3, -0.25) is 10.1 Å². The van der Waals surface area contributed by atoms with Gasteiger partial charge in [-0.15, -0.1) is 0 Å². The van der Waals surface area contributed by atoms with Gasteiger partial charge < -0.3 is 4.52 Å². The average Bonchev–Trinajstić information content (AvgIpc) is 3.17. The highest BCUT2D eigenvalue weighted by molar-refractivity contribution is 5.56. The van der Waals surface area contributed by atoms with Crippen molar-refractivity contribution in [2.24, 2.45) is 5.92 Å². The molecule has 1 fully saturated rings. The molecule has 3 rings (SSSR count). The normalized spacial score (nSPS) is 15.4. The second-order valence-electron chi connectivity index (χ2n) is 5.50. The van der Waals surface area contributed by atoms with Crippen LogP contribution in [0, 0.1) is 16.0 Å². The van der Waals surface area contributed by atoms with Crippen LogP contribution in [0.2, 0.25) is 0 Å². The summed E-state index contributed by atoms with van der Waals surface area (Å²) in [5, 5.41) is 14.6. The largest absolute Gasteiger partial charge is 0.339 e. The van der Waals surface area contributed by atoms with Crippen LogP contribution in [0.3, 0.4) is 0 Å². The zero-order valence-electron chi connectivity index (χ0n) is 11.7. The highest BCUT2D eigenvalue weighted by atomic mass is 16.6. The van der Waals surface area contributed by atoms with E-state index in [4.69, 9.17) is 4.52 Å². The van der Waals surface area contributed by atoms with Gasteiger partial charge in [0.05, 0.1) is 4.92 Å². The molecule has 0 aliphatic heterocycles. The van der Waals surface area contributed by atoms with Crippen molar-refractivity contribution < 1.29 is 9.45 Å². The van der Waals surface area contributed by atoms with E-state index in [1.807, 2.05) is 0 Å². The number of benzene rings is 1. The summed E-state index contributed by atoms with van der Waals surface area (Å²) in [5.74, 6) is 1.93. The number of hydrogen-bond acceptors (Lipinski definition) is 5. The van der Waals surface area contributed by atoms with E-state index in [-0.39, 0.29) is 5.69 Å². The van der Waals surface area contributed by atoms with Crippen LogP contribution in [0.5, 0.6) is 0 Å². The Hall–Kier alpha value is -2.24. The third-order valence-electron chi connectivity index (χ3n) is 4.05. The molecule has 1 heterocycles. The van der Waals surface area contributed by atoms with Gasteiger partial charge in [0.15, 0.2) is 0 Å². The Kier molecular flexibility index (Phi) is 3.94. The van der Waals surface area contributed by atoms with Gasteiger partial charge in [0.2, 0.25) is 11.7 Å². The van der Waals surface area contributed by atoms with Crippen LogP contribution in [0.1, 0.15) is 38.0 Å². The van der Waals surface area contributed by atoms with Gasteiger partial charge in [-0.05, 0) is 24.5 Å². The molecule has 1 aromatic heterocycles. The smallest absolute Gasteiger partial charge is 0.269 e. The quantitative estimate of drug-likeness (QED) is 0.617. The second-order valence-corrected chi connectivity index (χ2v) is 5.50. The van der Waals surface area contributed by atoms with Gasteiger partial charge in [0, 0.05) is 24.1 Å². The monoisotopic (exact) mass is 287 g/mol. The molecule has 0 spiro atoms. The number of nitro groups is 1. The molecule has 0 N–H and O–H groups in total. The lowest BCUT2D eigenvalue weighted by atomic mass is 10.0. The summed E-state index contributed by atoms with van der Waals surface area (Å²) in [6, 6.07) is 6.18. The Morgan fingerprint density at radius 3 is 2.62 bits per heavy atom. The lowest BCUT2D eigenvalue weighted by Crippen LogP contribution is -1.96. The summed E-state index contributed by atoms with van der Waals surface area (Å²) in [6.45, 7) is 0. The van der Waals surface area contributed by atoms with E-state index in [9.17, 15) is 10.1 Å². The average molecular weight is 287 g/mol. The van der Waals surface area contributed by atoms with Crippen molar-refractivity contribution in [2.45, 2.75) is 38.5 Å². The molecular formula is C15H17N3O3. The molecule has 6 heteroatoms. The Labute approximate surface area is 122 Å². The third-order valence-corrected chi connectivity index (χ3v) is 4.05. The zero-order chi connectivity index (χ0) is 14.7. The first-order valence-corrected chi connectivity index (χ1v) is 7.30. The number of nitrogens with zero attached hydrogens (tertiary/aromatic N) is 3. The predicted molar refractivity (Wildman–Crippen MR) is 76.7 cm³/mol. The molecule has 1 saturated carbocycles. The minimum atomic E-state index is -0.424. The Balaban J connectivity index is 1.64. The lowest BCUT2D eigenvalue weighted by Gasteiger charge is -2.04. The maximum absolute atomic E-state index is 10.6. The number of nitro benzene ring substituents is 1. The number of rotatable bonds is 5. The summed E-state index contributed by atoms with van der Waals surface area (Å²) >= 11 is 0. The first-order chi connectivity index (χ1) is 10.2. The predicted octanol–water partition coefficient (Wildman–Crippen LogP) is 3.77. The third kappa shape index (κ3) is 3.26. The van der Waals surface area contributed by atoms with Crippen LogP contribution < -0.4 is 0 Å². The molecule has 6 nitrogen and oxygen atoms in total. The maximum atomic E-state index is 10.6. The fourth-order valence-corrected chi connectivity index (χ4v) is 2.83. The number of hydrogen-bond donors (Lipinski definition) is 0. The fraction of sp³-hybridized carbons (Fsp3) is 0.467. The first-order valence-electron chi connectivity index (χ1n) is 7.30. The molecule has 2 aromatic rings. The summed E-state index contributed by atoms with van der Waals surface area (Å²) in [6.07, 6.45) is 7.20. The van der Waals surface area contributed by atoms with Crippen LogP contribution in [0.4, 0.5) is 5.69 Å². The standard InChI is InChI=1S/C15H17N3O3/c19-18(20)13-8-6-12(7-9-13)15-16-14(21-17-15)10-5-11-3-1-2-4-11/h6-9,11H,1-5,10H2. The maximum Gasteiger partial charge on any atom is 0.269 e. The van der Waals surface area contributed by atoms with E-state index in [1.54, 1.807) is 12.1 Å². The molecule has 0 amide bonds. The van der Waals surface area contributed by atoms with Crippen molar-refractivity contribution in [3.05, 3.63) is 40.3 Å². The molecule has 1 aliphatic carbocycles. The molecule has 0 saturated heterocycles. The molecule has 1 aliphatic rings. The number of aromatic nitrogens is 2. The van der Waals surface area contributed by atoms with E-state index in [2.05, 4.69) is 10.1 Å². The summed E-state index contributed by atoms with van der Waals surface area (Å²) < 4.78 is 5.26. The van der Waals surface area contributed by atoms with Crippen LogP contribution in [0.15, 0.2) is 28.8 Å². The van der Waals surface area contributed by atoms with E-state index in [0.717, 1.165) is 24.3 Å². The van der Waals surface area contributed by atoms with Gasteiger partial charge in [-0.25, -0.2) is 0 Å². The lowest BCUT2D eigenvalue weighted by molar-refractivity contribution is -0.384. The van der Waals surface area contributed by atoms with E-state index in [1.165, 1.54) is 37.8 Å². The SMILES string of the molecule is O=[N+]([O-])c1ccc(-c2noc(CCC3CCCC3)n2)cc1. The van der Waals surface area contributed by atoms with Crippen molar-refractivity contribution in [1.29, 1.82) is 0 Å². The summed E-state index contributed by atoms with van der Waals surface area (Å²) in [4.78, 5) is 14.6. The van der Waals surface area contributed by atoms with Gasteiger partial charge in [-0.1, -0.05) is 30.8 Å². The Morgan fingerprint density at radius 1 is 1.24 bits per heavy atom. The minimum Gasteiger partial charge on any atom is -0.339 e. The molecule has 1 aromatic carbocycles. The van der Waals surface area contributed by atoms with E-state index in [0.29, 0.717) is 11.7 Å². The van der Waals surface area contributed by atoms with Crippen molar-refractivity contribution >= 4 is 5.69 Å². The molecule has 0 radical (unpaired) electrons. The topological polar surface area (TPSA) is 82.1 Å². The second kappa shape index (κ2) is 6.03. The molecule has 0 atom stereocenters. The summed E-state index contributed by atoms with van der Waals surface area (Å²) in [7, 11) is 0. The zero-order valence-corrected chi connectivity index (χ0v) is 11.7. The molecule has 0 unspecified atom stereocenters. The van der Waals surface area contributed by atoms with Crippen LogP contribution in [0.25, 0.3) is 11.4 Å². The van der Waals surface area contributed by atoms with E-state index >= 15 is 0 Å². The fourth-order valence-electron chi connectivity index (χ4n) is 2.83. The molecule has 0 bridgehead atoms. The van der Waals surface area contributed by atoms with Gasteiger partial charge in [-0.2, -0.15) is 4.98 Å². The number of aryl methyl sites for hydroxylation is 1. The first kappa shape index (κ1) is 13.7. The highest BCUT2D eigenvalue weighted by Gasteiger charge is 2.17. The number of non-ortho nitro benzene ring substituents is 1.